The van der Waals surface area contributed by atoms with Gasteiger partial charge in [-0.3, -0.25) is 4.79 Å². The van der Waals surface area contributed by atoms with E-state index in [1.54, 1.807) is 0 Å². The number of amides is 1. The van der Waals surface area contributed by atoms with Crippen molar-refractivity contribution < 1.29 is 19.8 Å². The Kier molecular flexibility index (Phi) is 4.42. The molecule has 0 aromatic heterocycles. The number of nitrogens with zero attached hydrogens (tertiary/aromatic N) is 1. The third kappa shape index (κ3) is 3.15. The topological polar surface area (TPSA) is 77.8 Å². The maximum Gasteiger partial charge on any atom is 0.335 e. The third-order valence-corrected chi connectivity index (χ3v) is 2.19. The first-order valence-electron chi connectivity index (χ1n) is 4.98. The number of carbonyl (C=O) groups excluding carboxylic acids is 1. The fourth-order valence-corrected chi connectivity index (χ4v) is 1.36. The van der Waals surface area contributed by atoms with Crippen LogP contribution in [0.4, 0.5) is 5.69 Å². The highest BCUT2D eigenvalue weighted by atomic mass is 16.4. The molecule has 0 radical (unpaired) electrons. The summed E-state index contributed by atoms with van der Waals surface area (Å²) in [5.41, 5.74) is 0.665. The van der Waals surface area contributed by atoms with Crippen molar-refractivity contribution in [3.05, 3.63) is 42.5 Å². The Hall–Kier alpha value is -2.14. The van der Waals surface area contributed by atoms with Crippen molar-refractivity contribution in [1.82, 2.24) is 0 Å². The van der Waals surface area contributed by atoms with Gasteiger partial charge in [0.25, 0.3) is 0 Å². The highest BCUT2D eigenvalue weighted by Crippen LogP contribution is 2.15. The molecule has 0 aliphatic heterocycles. The van der Waals surface area contributed by atoms with Crippen molar-refractivity contribution in [1.29, 1.82) is 0 Å². The Bertz CT molecular complexity index is 425. The van der Waals surface area contributed by atoms with Gasteiger partial charge in [-0.15, -0.1) is 0 Å². The summed E-state index contributed by atoms with van der Waals surface area (Å²) in [6.45, 7) is 3.32. The van der Waals surface area contributed by atoms with Crippen molar-refractivity contribution in [2.24, 2.45) is 0 Å². The van der Waals surface area contributed by atoms with E-state index in [4.69, 9.17) is 10.2 Å². The van der Waals surface area contributed by atoms with E-state index in [-0.39, 0.29) is 24.6 Å². The predicted octanol–water partition coefficient (Wildman–Crippen LogP) is 0.896. The van der Waals surface area contributed by atoms with Crippen molar-refractivity contribution in [2.45, 2.75) is 0 Å². The summed E-state index contributed by atoms with van der Waals surface area (Å²) in [4.78, 5) is 23.5. The zero-order valence-corrected chi connectivity index (χ0v) is 9.17. The number of carbonyl (C=O) groups is 2. The molecule has 1 rings (SSSR count). The second kappa shape index (κ2) is 5.81. The lowest BCUT2D eigenvalue weighted by atomic mass is 10.2. The number of aromatic carboxylic acids is 1. The fraction of sp³-hybridized carbons (Fsp3) is 0.167. The van der Waals surface area contributed by atoms with Crippen molar-refractivity contribution in [2.75, 3.05) is 18.1 Å². The summed E-state index contributed by atoms with van der Waals surface area (Å²) in [5.74, 6) is -1.37. The number of aliphatic hydroxyl groups excluding tert-OH is 1. The molecule has 1 amide bonds. The summed E-state index contributed by atoms with van der Waals surface area (Å²) in [6, 6.07) is 5.83. The van der Waals surface area contributed by atoms with Gasteiger partial charge in [-0.25, -0.2) is 4.79 Å². The predicted molar refractivity (Wildman–Crippen MR) is 63.0 cm³/mol. The Labute approximate surface area is 98.6 Å². The molecule has 0 fully saturated rings. The molecule has 0 spiro atoms. The minimum Gasteiger partial charge on any atom is -0.478 e. The number of hydrogen-bond donors (Lipinski definition) is 2. The monoisotopic (exact) mass is 235 g/mol. The quantitative estimate of drug-likeness (QED) is 0.743. The second-order valence-corrected chi connectivity index (χ2v) is 3.27. The number of aliphatic hydroxyl groups is 1. The highest BCUT2D eigenvalue weighted by molar-refractivity contribution is 6.01. The SMILES string of the molecule is C=CC(=O)N(CCO)c1ccc(C(=O)O)cc1. The van der Waals surface area contributed by atoms with Gasteiger partial charge in [-0.2, -0.15) is 0 Å². The molecule has 0 aliphatic rings. The lowest BCUT2D eigenvalue weighted by molar-refractivity contribution is -0.114. The molecule has 2 N–H and O–H groups in total. The first kappa shape index (κ1) is 12.9. The van der Waals surface area contributed by atoms with Crippen LogP contribution in [0.15, 0.2) is 36.9 Å². The number of carboxylic acids is 1. The Morgan fingerprint density at radius 2 is 1.88 bits per heavy atom. The normalized spacial score (nSPS) is 9.71. The van der Waals surface area contributed by atoms with Crippen molar-refractivity contribution >= 4 is 17.6 Å². The van der Waals surface area contributed by atoms with Gasteiger partial charge in [0.1, 0.15) is 0 Å². The van der Waals surface area contributed by atoms with Gasteiger partial charge in [0.15, 0.2) is 0 Å². The molecule has 0 saturated carbocycles. The lowest BCUT2D eigenvalue weighted by Gasteiger charge is -2.20. The zero-order valence-electron chi connectivity index (χ0n) is 9.17. The Morgan fingerprint density at radius 1 is 1.29 bits per heavy atom. The second-order valence-electron chi connectivity index (χ2n) is 3.27. The fourth-order valence-electron chi connectivity index (χ4n) is 1.36. The first-order valence-corrected chi connectivity index (χ1v) is 4.98. The van der Waals surface area contributed by atoms with Gasteiger partial charge in [-0.1, -0.05) is 6.58 Å². The van der Waals surface area contributed by atoms with Crippen LogP contribution in [-0.2, 0) is 4.79 Å². The van der Waals surface area contributed by atoms with E-state index < -0.39 is 5.97 Å². The van der Waals surface area contributed by atoms with E-state index in [2.05, 4.69) is 6.58 Å². The molecule has 0 saturated heterocycles. The largest absolute Gasteiger partial charge is 0.478 e. The smallest absolute Gasteiger partial charge is 0.335 e. The van der Waals surface area contributed by atoms with Crippen molar-refractivity contribution in [3.63, 3.8) is 0 Å². The number of hydrogen-bond acceptors (Lipinski definition) is 3. The number of benzene rings is 1. The van der Waals surface area contributed by atoms with Crippen LogP contribution in [0.5, 0.6) is 0 Å². The van der Waals surface area contributed by atoms with E-state index in [0.717, 1.165) is 6.08 Å². The summed E-state index contributed by atoms with van der Waals surface area (Å²) in [6.07, 6.45) is 1.14. The average Bonchev–Trinajstić information content (AvgIpc) is 2.35. The van der Waals surface area contributed by atoms with Crippen LogP contribution >= 0.6 is 0 Å². The van der Waals surface area contributed by atoms with Gasteiger partial charge in [-0.05, 0) is 30.3 Å². The molecule has 5 heteroatoms. The zero-order chi connectivity index (χ0) is 12.8. The van der Waals surface area contributed by atoms with E-state index in [1.807, 2.05) is 0 Å². The number of rotatable bonds is 5. The van der Waals surface area contributed by atoms with E-state index in [0.29, 0.717) is 5.69 Å². The van der Waals surface area contributed by atoms with Crippen LogP contribution in [0, 0.1) is 0 Å². The van der Waals surface area contributed by atoms with Gasteiger partial charge in [0.05, 0.1) is 12.2 Å². The summed E-state index contributed by atoms with van der Waals surface area (Å²) in [5, 5.41) is 17.6. The van der Waals surface area contributed by atoms with Crippen LogP contribution < -0.4 is 4.90 Å². The van der Waals surface area contributed by atoms with Crippen molar-refractivity contribution in [3.8, 4) is 0 Å². The summed E-state index contributed by atoms with van der Waals surface area (Å²) in [7, 11) is 0. The lowest BCUT2D eigenvalue weighted by Crippen LogP contribution is -2.31. The minimum atomic E-state index is -1.03. The van der Waals surface area contributed by atoms with Crippen LogP contribution in [0.25, 0.3) is 0 Å². The van der Waals surface area contributed by atoms with E-state index in [1.165, 1.54) is 29.2 Å². The number of anilines is 1. The molecule has 1 aromatic rings. The molecule has 0 aliphatic carbocycles. The molecule has 5 nitrogen and oxygen atoms in total. The average molecular weight is 235 g/mol. The van der Waals surface area contributed by atoms with Gasteiger partial charge >= 0.3 is 5.97 Å². The molecule has 90 valence electrons. The van der Waals surface area contributed by atoms with E-state index in [9.17, 15) is 9.59 Å². The highest BCUT2D eigenvalue weighted by Gasteiger charge is 2.12. The summed E-state index contributed by atoms with van der Waals surface area (Å²) < 4.78 is 0. The first-order chi connectivity index (χ1) is 8.10. The standard InChI is InChI=1S/C12H13NO4/c1-2-11(15)13(7-8-14)10-5-3-9(4-6-10)12(16)17/h2-6,14H,1,7-8H2,(H,16,17). The van der Waals surface area contributed by atoms with Gasteiger partial charge < -0.3 is 15.1 Å². The van der Waals surface area contributed by atoms with Crippen LogP contribution in [-0.4, -0.2) is 35.2 Å². The maximum atomic E-state index is 11.5. The maximum absolute atomic E-state index is 11.5. The summed E-state index contributed by atoms with van der Waals surface area (Å²) >= 11 is 0. The minimum absolute atomic E-state index is 0.136. The van der Waals surface area contributed by atoms with Crippen LogP contribution in [0.2, 0.25) is 0 Å². The van der Waals surface area contributed by atoms with Crippen LogP contribution in [0.1, 0.15) is 10.4 Å². The Morgan fingerprint density at radius 3 is 2.29 bits per heavy atom. The van der Waals surface area contributed by atoms with Crippen LogP contribution in [0.3, 0.4) is 0 Å². The van der Waals surface area contributed by atoms with E-state index >= 15 is 0 Å². The number of carboxylic acid groups (broad SMARTS) is 1. The molecule has 1 aromatic carbocycles. The Balaban J connectivity index is 2.98. The van der Waals surface area contributed by atoms with Gasteiger partial charge in [0, 0.05) is 12.2 Å². The molecule has 17 heavy (non-hydrogen) atoms. The molecule has 0 unspecified atom stereocenters. The molecule has 0 atom stereocenters. The molecule has 0 bridgehead atoms. The van der Waals surface area contributed by atoms with Gasteiger partial charge in [0.2, 0.25) is 5.91 Å². The molecule has 0 heterocycles. The molecular weight excluding hydrogens is 222 g/mol. The third-order valence-electron chi connectivity index (χ3n) is 2.19. The molecular formula is C12H13NO4.